The molecule has 0 aromatic heterocycles. The molecule has 4 nitrogen and oxygen atoms in total. The van der Waals surface area contributed by atoms with Gasteiger partial charge in [0.1, 0.15) is 0 Å². The van der Waals surface area contributed by atoms with E-state index in [-0.39, 0.29) is 5.75 Å². The van der Waals surface area contributed by atoms with Gasteiger partial charge in [-0.2, -0.15) is 0 Å². The molecule has 0 fully saturated rings. The minimum absolute atomic E-state index is 0.0479. The van der Waals surface area contributed by atoms with Gasteiger partial charge in [0.15, 0.2) is 0 Å². The number of hydrogen-bond donors (Lipinski definition) is 2. The Labute approximate surface area is 123 Å². The second kappa shape index (κ2) is 8.39. The average Bonchev–Trinajstić information content (AvgIpc) is 2.35. The number of benzene rings is 1. The van der Waals surface area contributed by atoms with E-state index in [2.05, 4.69) is 23.9 Å². The van der Waals surface area contributed by atoms with Gasteiger partial charge in [0.25, 0.3) is 0 Å². The maximum Gasteiger partial charge on any atom is 0.215 e. The topological polar surface area (TPSA) is 58.2 Å². The summed E-state index contributed by atoms with van der Waals surface area (Å²) in [4.78, 5) is 0. The Kier molecular flexibility index (Phi) is 7.19. The molecule has 1 aromatic rings. The van der Waals surface area contributed by atoms with E-state index in [1.54, 1.807) is 0 Å². The van der Waals surface area contributed by atoms with Gasteiger partial charge in [0.05, 0.1) is 5.75 Å². The third-order valence-corrected chi connectivity index (χ3v) is 4.37. The lowest BCUT2D eigenvalue weighted by molar-refractivity contribution is 0.539. The first kappa shape index (κ1) is 17.1. The minimum atomic E-state index is -3.23. The molecule has 0 saturated carbocycles. The van der Waals surface area contributed by atoms with Crippen LogP contribution >= 0.6 is 0 Å². The van der Waals surface area contributed by atoms with Crippen LogP contribution in [0.25, 0.3) is 0 Å². The second-order valence-corrected chi connectivity index (χ2v) is 7.35. The van der Waals surface area contributed by atoms with Crippen molar-refractivity contribution in [1.82, 2.24) is 10.0 Å². The smallest absolute Gasteiger partial charge is 0.215 e. The molecule has 5 heteroatoms. The molecule has 0 bridgehead atoms. The van der Waals surface area contributed by atoms with Crippen LogP contribution in [-0.4, -0.2) is 22.0 Å². The molecular formula is C15H26N2O2S. The van der Waals surface area contributed by atoms with Crippen molar-refractivity contribution in [2.75, 3.05) is 13.6 Å². The van der Waals surface area contributed by atoms with Gasteiger partial charge in [-0.15, -0.1) is 0 Å². The summed E-state index contributed by atoms with van der Waals surface area (Å²) in [5.74, 6) is 0.657. The normalized spacial score (nSPS) is 12.0. The number of rotatable bonds is 9. The molecule has 0 heterocycles. The van der Waals surface area contributed by atoms with Crippen molar-refractivity contribution >= 4 is 10.0 Å². The van der Waals surface area contributed by atoms with Crippen LogP contribution < -0.4 is 10.0 Å². The van der Waals surface area contributed by atoms with Gasteiger partial charge in [-0.05, 0) is 36.9 Å². The quantitative estimate of drug-likeness (QED) is 0.688. The Morgan fingerprint density at radius 3 is 2.55 bits per heavy atom. The SMILES string of the molecule is CNCc1cccc(CS(=O)(=O)NCCCC(C)C)c1. The molecular weight excluding hydrogens is 272 g/mol. The zero-order valence-corrected chi connectivity index (χ0v) is 13.5. The van der Waals surface area contributed by atoms with Crippen molar-refractivity contribution in [3.63, 3.8) is 0 Å². The third kappa shape index (κ3) is 7.03. The van der Waals surface area contributed by atoms with E-state index in [1.807, 2.05) is 31.3 Å². The van der Waals surface area contributed by atoms with Crippen LogP contribution in [0.5, 0.6) is 0 Å². The molecule has 0 aliphatic heterocycles. The third-order valence-electron chi connectivity index (χ3n) is 3.01. The highest BCUT2D eigenvalue weighted by atomic mass is 32.2. The van der Waals surface area contributed by atoms with E-state index in [0.29, 0.717) is 12.5 Å². The summed E-state index contributed by atoms with van der Waals surface area (Å²) in [6.07, 6.45) is 1.93. The van der Waals surface area contributed by atoms with Gasteiger partial charge in [-0.1, -0.05) is 38.1 Å². The average molecular weight is 298 g/mol. The summed E-state index contributed by atoms with van der Waals surface area (Å²) >= 11 is 0. The number of sulfonamides is 1. The van der Waals surface area contributed by atoms with Crippen LogP contribution in [0.1, 0.15) is 37.8 Å². The number of nitrogens with one attached hydrogen (secondary N) is 2. The molecule has 0 radical (unpaired) electrons. The van der Waals surface area contributed by atoms with Crippen LogP contribution in [0.2, 0.25) is 0 Å². The monoisotopic (exact) mass is 298 g/mol. The van der Waals surface area contributed by atoms with Crippen LogP contribution in [0.3, 0.4) is 0 Å². The predicted molar refractivity (Wildman–Crippen MR) is 83.9 cm³/mol. The summed E-state index contributed by atoms with van der Waals surface area (Å²) in [5, 5.41) is 3.06. The van der Waals surface area contributed by atoms with Crippen molar-refractivity contribution in [3.05, 3.63) is 35.4 Å². The van der Waals surface area contributed by atoms with E-state index in [0.717, 1.165) is 30.5 Å². The zero-order valence-electron chi connectivity index (χ0n) is 12.6. The fraction of sp³-hybridized carbons (Fsp3) is 0.600. The summed E-state index contributed by atoms with van der Waals surface area (Å²) in [7, 11) is -1.36. The van der Waals surface area contributed by atoms with Crippen LogP contribution in [0, 0.1) is 5.92 Å². The van der Waals surface area contributed by atoms with Gasteiger partial charge in [0, 0.05) is 13.1 Å². The van der Waals surface area contributed by atoms with Crippen LogP contribution in [0.15, 0.2) is 24.3 Å². The molecule has 114 valence electrons. The van der Waals surface area contributed by atoms with Crippen LogP contribution in [0.4, 0.5) is 0 Å². The second-order valence-electron chi connectivity index (χ2n) is 5.54. The summed E-state index contributed by atoms with van der Waals surface area (Å²) in [5.41, 5.74) is 1.93. The van der Waals surface area contributed by atoms with Crippen molar-refractivity contribution in [1.29, 1.82) is 0 Å². The highest BCUT2D eigenvalue weighted by Crippen LogP contribution is 2.09. The highest BCUT2D eigenvalue weighted by Gasteiger charge is 2.11. The molecule has 0 saturated heterocycles. The standard InChI is InChI=1S/C15H26N2O2S/c1-13(2)6-5-9-17-20(18,19)12-15-8-4-7-14(10-15)11-16-3/h4,7-8,10,13,16-17H,5-6,9,11-12H2,1-3H3. The first-order chi connectivity index (χ1) is 9.43. The van der Waals surface area contributed by atoms with Crippen molar-refractivity contribution in [2.45, 2.75) is 39.0 Å². The lowest BCUT2D eigenvalue weighted by Crippen LogP contribution is -2.26. The van der Waals surface area contributed by atoms with E-state index in [9.17, 15) is 8.42 Å². The molecule has 0 aliphatic carbocycles. The fourth-order valence-corrected chi connectivity index (χ4v) is 3.22. The first-order valence-electron chi connectivity index (χ1n) is 7.12. The maximum absolute atomic E-state index is 12.0. The molecule has 1 aromatic carbocycles. The molecule has 0 atom stereocenters. The van der Waals surface area contributed by atoms with Gasteiger partial charge < -0.3 is 5.32 Å². The van der Waals surface area contributed by atoms with Crippen LogP contribution in [-0.2, 0) is 22.3 Å². The van der Waals surface area contributed by atoms with E-state index in [1.165, 1.54) is 0 Å². The molecule has 0 aliphatic rings. The minimum Gasteiger partial charge on any atom is -0.316 e. The summed E-state index contributed by atoms with van der Waals surface area (Å²) in [6, 6.07) is 7.68. The molecule has 0 amide bonds. The molecule has 20 heavy (non-hydrogen) atoms. The van der Waals surface area contributed by atoms with Gasteiger partial charge >= 0.3 is 0 Å². The van der Waals surface area contributed by atoms with Gasteiger partial charge in [-0.3, -0.25) is 0 Å². The summed E-state index contributed by atoms with van der Waals surface area (Å²) in [6.45, 7) is 5.55. The fourth-order valence-electron chi connectivity index (χ4n) is 2.04. The highest BCUT2D eigenvalue weighted by molar-refractivity contribution is 7.88. The lowest BCUT2D eigenvalue weighted by atomic mass is 10.1. The summed E-state index contributed by atoms with van der Waals surface area (Å²) < 4.78 is 26.6. The van der Waals surface area contributed by atoms with E-state index in [4.69, 9.17) is 0 Å². The Morgan fingerprint density at radius 2 is 1.90 bits per heavy atom. The molecule has 0 spiro atoms. The van der Waals surface area contributed by atoms with E-state index < -0.39 is 10.0 Å². The Balaban J connectivity index is 2.51. The molecule has 2 N–H and O–H groups in total. The molecule has 1 rings (SSSR count). The van der Waals surface area contributed by atoms with E-state index >= 15 is 0 Å². The van der Waals surface area contributed by atoms with Gasteiger partial charge in [-0.25, -0.2) is 13.1 Å². The van der Waals surface area contributed by atoms with Gasteiger partial charge in [0.2, 0.25) is 10.0 Å². The predicted octanol–water partition coefficient (Wildman–Crippen LogP) is 2.26. The Hall–Kier alpha value is -0.910. The van der Waals surface area contributed by atoms with Crippen molar-refractivity contribution < 1.29 is 8.42 Å². The first-order valence-corrected chi connectivity index (χ1v) is 8.78. The lowest BCUT2D eigenvalue weighted by Gasteiger charge is -2.09. The zero-order chi connectivity index (χ0) is 15.0. The van der Waals surface area contributed by atoms with Crippen molar-refractivity contribution in [2.24, 2.45) is 5.92 Å². The van der Waals surface area contributed by atoms with Crippen molar-refractivity contribution in [3.8, 4) is 0 Å². The molecule has 0 unspecified atom stereocenters. The Morgan fingerprint density at radius 1 is 1.20 bits per heavy atom. The Bertz CT molecular complexity index is 498. The number of hydrogen-bond acceptors (Lipinski definition) is 3. The maximum atomic E-state index is 12.0. The largest absolute Gasteiger partial charge is 0.316 e.